The molecule has 2 rings (SSSR count). The van der Waals surface area contributed by atoms with Gasteiger partial charge in [0, 0.05) is 11.5 Å². The average Bonchev–Trinajstić information content (AvgIpc) is 2.23. The monoisotopic (exact) mass is 336 g/mol. The van der Waals surface area contributed by atoms with Gasteiger partial charge in [0.1, 0.15) is 0 Å². The van der Waals surface area contributed by atoms with E-state index < -0.39 is 26.6 Å². The Hall–Kier alpha value is -0.920. The lowest BCUT2D eigenvalue weighted by Crippen LogP contribution is -2.25. The highest BCUT2D eigenvalue weighted by Crippen LogP contribution is 2.36. The van der Waals surface area contributed by atoms with E-state index in [0.717, 1.165) is 37.7 Å². The summed E-state index contributed by atoms with van der Waals surface area (Å²) in [6.07, 6.45) is 3.37. The number of hydrogen-bond donors (Lipinski definition) is 1. The largest absolute Gasteiger partial charge is 0.478 e. The van der Waals surface area contributed by atoms with Gasteiger partial charge in [0.15, 0.2) is 9.84 Å². The van der Waals surface area contributed by atoms with Gasteiger partial charge in [0.2, 0.25) is 0 Å². The van der Waals surface area contributed by atoms with Crippen molar-refractivity contribution in [2.75, 3.05) is 6.26 Å². The molecule has 1 aliphatic rings. The summed E-state index contributed by atoms with van der Waals surface area (Å²) in [6, 6.07) is 2.29. The second-order valence-electron chi connectivity index (χ2n) is 4.68. The van der Waals surface area contributed by atoms with Crippen LogP contribution in [0.25, 0.3) is 0 Å². The van der Waals surface area contributed by atoms with Crippen molar-refractivity contribution in [3.63, 3.8) is 0 Å². The third-order valence-electron chi connectivity index (χ3n) is 3.25. The zero-order chi connectivity index (χ0) is 15.1. The summed E-state index contributed by atoms with van der Waals surface area (Å²) >= 11 is 6.00. The fraction of sp³-hybridized carbons (Fsp3) is 0.417. The first-order valence-electron chi connectivity index (χ1n) is 5.90. The van der Waals surface area contributed by atoms with E-state index in [1.54, 1.807) is 0 Å². The van der Waals surface area contributed by atoms with Crippen molar-refractivity contribution in [2.24, 2.45) is 0 Å². The number of carboxylic acids is 1. The van der Waals surface area contributed by atoms with Crippen LogP contribution in [0.5, 0.6) is 0 Å². The lowest BCUT2D eigenvalue weighted by atomic mass is 10.00. The number of carboxylic acid groups (broad SMARTS) is 1. The molecule has 0 radical (unpaired) electrons. The third kappa shape index (κ3) is 2.75. The minimum Gasteiger partial charge on any atom is -0.478 e. The summed E-state index contributed by atoms with van der Waals surface area (Å²) in [5, 5.41) is 8.64. The van der Waals surface area contributed by atoms with Crippen molar-refractivity contribution in [1.29, 1.82) is 0 Å². The summed E-state index contributed by atoms with van der Waals surface area (Å²) in [7, 11) is -5.24. The molecule has 1 aromatic carbocycles. The first-order chi connectivity index (χ1) is 9.23. The molecule has 1 N–H and O–H groups in total. The highest BCUT2D eigenvalue weighted by molar-refractivity contribution is 7.92. The predicted octanol–water partition coefficient (Wildman–Crippen LogP) is 2.10. The first-order valence-corrected chi connectivity index (χ1v) is 9.38. The SMILES string of the molecule is CS(=O)(=O)c1ccc(C(=O)O)c(Cl)c1S(=O)C1CCC1. The Kier molecular flexibility index (Phi) is 4.22. The Morgan fingerprint density at radius 1 is 1.40 bits per heavy atom. The summed E-state index contributed by atoms with van der Waals surface area (Å²) in [5.74, 6) is -1.28. The van der Waals surface area contributed by atoms with E-state index in [1.807, 2.05) is 0 Å². The van der Waals surface area contributed by atoms with E-state index in [2.05, 4.69) is 0 Å². The summed E-state index contributed by atoms with van der Waals surface area (Å²) in [5.41, 5.74) is -0.234. The fourth-order valence-electron chi connectivity index (χ4n) is 1.93. The Morgan fingerprint density at radius 3 is 2.40 bits per heavy atom. The van der Waals surface area contributed by atoms with Gasteiger partial charge in [-0.05, 0) is 25.0 Å². The molecule has 1 atom stereocenters. The first kappa shape index (κ1) is 15.5. The van der Waals surface area contributed by atoms with Gasteiger partial charge in [-0.3, -0.25) is 4.21 Å². The molecule has 0 heterocycles. The van der Waals surface area contributed by atoms with Crippen LogP contribution in [-0.2, 0) is 20.6 Å². The topological polar surface area (TPSA) is 88.5 Å². The van der Waals surface area contributed by atoms with Gasteiger partial charge in [0.05, 0.1) is 31.2 Å². The molecule has 110 valence electrons. The van der Waals surface area contributed by atoms with Crippen molar-refractivity contribution >= 4 is 38.2 Å². The van der Waals surface area contributed by atoms with E-state index >= 15 is 0 Å². The molecular weight excluding hydrogens is 324 g/mol. The number of benzene rings is 1. The molecule has 5 nitrogen and oxygen atoms in total. The molecule has 20 heavy (non-hydrogen) atoms. The summed E-state index contributed by atoms with van der Waals surface area (Å²) in [6.45, 7) is 0. The van der Waals surface area contributed by atoms with Crippen LogP contribution in [0, 0.1) is 0 Å². The molecule has 1 aliphatic carbocycles. The third-order valence-corrected chi connectivity index (χ3v) is 6.92. The number of hydrogen-bond acceptors (Lipinski definition) is 4. The van der Waals surface area contributed by atoms with E-state index in [1.165, 1.54) is 0 Å². The molecule has 0 bridgehead atoms. The van der Waals surface area contributed by atoms with E-state index in [9.17, 15) is 17.4 Å². The summed E-state index contributed by atoms with van der Waals surface area (Å²) < 4.78 is 36.0. The van der Waals surface area contributed by atoms with Crippen LogP contribution in [-0.4, -0.2) is 35.2 Å². The van der Waals surface area contributed by atoms with Gasteiger partial charge in [0.25, 0.3) is 0 Å². The van der Waals surface area contributed by atoms with Gasteiger partial charge in [-0.1, -0.05) is 18.0 Å². The Labute approximate surface area is 124 Å². The fourth-order valence-corrected chi connectivity index (χ4v) is 5.57. The molecule has 8 heteroatoms. The quantitative estimate of drug-likeness (QED) is 0.909. The maximum atomic E-state index is 12.5. The minimum absolute atomic E-state index is 0.0706. The Balaban J connectivity index is 2.68. The van der Waals surface area contributed by atoms with Crippen LogP contribution in [0.3, 0.4) is 0 Å². The van der Waals surface area contributed by atoms with Gasteiger partial charge in [-0.25, -0.2) is 13.2 Å². The Morgan fingerprint density at radius 2 is 2.00 bits per heavy atom. The second-order valence-corrected chi connectivity index (χ2v) is 8.71. The van der Waals surface area contributed by atoms with Crippen LogP contribution in [0.4, 0.5) is 0 Å². The van der Waals surface area contributed by atoms with E-state index in [4.69, 9.17) is 16.7 Å². The van der Waals surface area contributed by atoms with Crippen LogP contribution in [0.2, 0.25) is 5.02 Å². The highest BCUT2D eigenvalue weighted by atomic mass is 35.5. The van der Waals surface area contributed by atoms with Crippen LogP contribution < -0.4 is 0 Å². The lowest BCUT2D eigenvalue weighted by Gasteiger charge is -2.26. The van der Waals surface area contributed by atoms with Crippen LogP contribution in [0.15, 0.2) is 21.9 Å². The molecule has 0 saturated heterocycles. The number of carbonyl (C=O) groups is 1. The molecular formula is C12H13ClO5S2. The standard InChI is InChI=1S/C12H13ClO5S2/c1-20(17,18)9-6-5-8(12(14)15)10(13)11(9)19(16)7-3-2-4-7/h5-7H,2-4H2,1H3,(H,14,15). The van der Waals surface area contributed by atoms with Gasteiger partial charge in [-0.2, -0.15) is 0 Å². The van der Waals surface area contributed by atoms with Gasteiger partial charge < -0.3 is 5.11 Å². The van der Waals surface area contributed by atoms with Gasteiger partial charge >= 0.3 is 5.97 Å². The smallest absolute Gasteiger partial charge is 0.337 e. The van der Waals surface area contributed by atoms with Crippen molar-refractivity contribution in [2.45, 2.75) is 34.3 Å². The van der Waals surface area contributed by atoms with E-state index in [-0.39, 0.29) is 25.6 Å². The minimum atomic E-state index is -3.63. The second kappa shape index (κ2) is 5.46. The maximum absolute atomic E-state index is 12.5. The molecule has 1 unspecified atom stereocenters. The van der Waals surface area contributed by atoms with Crippen LogP contribution >= 0.6 is 11.6 Å². The number of rotatable bonds is 4. The lowest BCUT2D eigenvalue weighted by molar-refractivity contribution is 0.0696. The average molecular weight is 337 g/mol. The molecule has 0 amide bonds. The van der Waals surface area contributed by atoms with Crippen molar-refractivity contribution in [3.05, 3.63) is 22.7 Å². The van der Waals surface area contributed by atoms with Crippen molar-refractivity contribution in [3.8, 4) is 0 Å². The number of halogens is 1. The number of sulfone groups is 1. The van der Waals surface area contributed by atoms with Crippen LogP contribution in [0.1, 0.15) is 29.6 Å². The Bertz CT molecular complexity index is 692. The van der Waals surface area contributed by atoms with Crippen molar-refractivity contribution < 1.29 is 22.5 Å². The molecule has 1 aromatic rings. The molecule has 0 spiro atoms. The molecule has 1 fully saturated rings. The van der Waals surface area contributed by atoms with E-state index in [0.29, 0.717) is 0 Å². The number of aromatic carboxylic acids is 1. The maximum Gasteiger partial charge on any atom is 0.337 e. The zero-order valence-corrected chi connectivity index (χ0v) is 13.0. The zero-order valence-electron chi connectivity index (χ0n) is 10.6. The summed E-state index contributed by atoms with van der Waals surface area (Å²) in [4.78, 5) is 10.9. The molecule has 1 saturated carbocycles. The van der Waals surface area contributed by atoms with Gasteiger partial charge in [-0.15, -0.1) is 0 Å². The van der Waals surface area contributed by atoms with Crippen molar-refractivity contribution in [1.82, 2.24) is 0 Å². The molecule has 0 aliphatic heterocycles. The highest BCUT2D eigenvalue weighted by Gasteiger charge is 2.32. The predicted molar refractivity (Wildman–Crippen MR) is 75.6 cm³/mol. The normalized spacial score (nSPS) is 17.5. The molecule has 0 aromatic heterocycles.